The number of nitrogens with zero attached hydrogens (tertiary/aromatic N) is 2. The standard InChI is InChI=1S/C20H28ClN3O3S/c1-4-10-26-18-8-7-15(19(25)27-11-9-24(5-2)6-3)12-17(18)22-13-16-14-23-20(21)28-16/h7-8,12,14,22H,4-6,9-11,13H2,1-3H3. The van der Waals surface area contributed by atoms with Crippen molar-refractivity contribution in [1.29, 1.82) is 0 Å². The molecule has 0 atom stereocenters. The van der Waals surface area contributed by atoms with Crippen LogP contribution in [0.15, 0.2) is 24.4 Å². The highest BCUT2D eigenvalue weighted by Crippen LogP contribution is 2.28. The molecule has 154 valence electrons. The summed E-state index contributed by atoms with van der Waals surface area (Å²) in [6.45, 7) is 10.4. The van der Waals surface area contributed by atoms with E-state index in [1.807, 2.05) is 6.92 Å². The van der Waals surface area contributed by atoms with Crippen molar-refractivity contribution in [3.05, 3.63) is 39.3 Å². The number of thiazole rings is 1. The van der Waals surface area contributed by atoms with Crippen molar-refractivity contribution < 1.29 is 14.3 Å². The molecule has 0 saturated heterocycles. The fraction of sp³-hybridized carbons (Fsp3) is 0.500. The average molecular weight is 426 g/mol. The van der Waals surface area contributed by atoms with Gasteiger partial charge in [0.2, 0.25) is 0 Å². The third kappa shape index (κ3) is 6.96. The zero-order valence-electron chi connectivity index (χ0n) is 16.7. The van der Waals surface area contributed by atoms with Crippen LogP contribution in [0.3, 0.4) is 0 Å². The predicted molar refractivity (Wildman–Crippen MR) is 115 cm³/mol. The largest absolute Gasteiger partial charge is 0.491 e. The number of likely N-dealkylation sites (N-methyl/N-ethyl adjacent to an activating group) is 1. The Kier molecular flexibility index (Phi) is 9.54. The minimum Gasteiger partial charge on any atom is -0.491 e. The Bertz CT molecular complexity index is 750. The monoisotopic (exact) mass is 425 g/mol. The number of benzene rings is 1. The molecule has 0 aliphatic heterocycles. The van der Waals surface area contributed by atoms with E-state index in [-0.39, 0.29) is 5.97 Å². The maximum atomic E-state index is 12.4. The number of anilines is 1. The third-order valence-corrected chi connectivity index (χ3v) is 5.31. The number of hydrogen-bond acceptors (Lipinski definition) is 7. The van der Waals surface area contributed by atoms with Crippen LogP contribution in [0.5, 0.6) is 5.75 Å². The molecule has 28 heavy (non-hydrogen) atoms. The molecule has 2 rings (SSSR count). The van der Waals surface area contributed by atoms with Gasteiger partial charge in [0.05, 0.1) is 24.4 Å². The first-order valence-electron chi connectivity index (χ1n) is 9.57. The van der Waals surface area contributed by atoms with Crippen LogP contribution in [0, 0.1) is 0 Å². The van der Waals surface area contributed by atoms with Crippen molar-refractivity contribution in [2.45, 2.75) is 33.7 Å². The molecule has 2 aromatic rings. The predicted octanol–water partition coefficient (Wildman–Crippen LogP) is 4.70. The summed E-state index contributed by atoms with van der Waals surface area (Å²) >= 11 is 7.30. The summed E-state index contributed by atoms with van der Waals surface area (Å²) in [4.78, 5) is 19.7. The summed E-state index contributed by atoms with van der Waals surface area (Å²) in [5.74, 6) is 0.371. The van der Waals surface area contributed by atoms with Gasteiger partial charge in [-0.05, 0) is 37.7 Å². The highest BCUT2D eigenvalue weighted by atomic mass is 35.5. The van der Waals surface area contributed by atoms with Gasteiger partial charge < -0.3 is 19.7 Å². The van der Waals surface area contributed by atoms with Crippen LogP contribution in [-0.2, 0) is 11.3 Å². The van der Waals surface area contributed by atoms with Gasteiger partial charge in [-0.25, -0.2) is 9.78 Å². The molecule has 0 aliphatic carbocycles. The summed E-state index contributed by atoms with van der Waals surface area (Å²) in [7, 11) is 0. The van der Waals surface area contributed by atoms with E-state index in [0.29, 0.717) is 35.5 Å². The normalized spacial score (nSPS) is 10.9. The van der Waals surface area contributed by atoms with Crippen molar-refractivity contribution in [3.8, 4) is 5.75 Å². The fourth-order valence-electron chi connectivity index (χ4n) is 2.57. The first-order valence-corrected chi connectivity index (χ1v) is 10.8. The lowest BCUT2D eigenvalue weighted by Gasteiger charge is -2.18. The second-order valence-corrected chi connectivity index (χ2v) is 7.85. The van der Waals surface area contributed by atoms with Crippen LogP contribution in [0.2, 0.25) is 4.47 Å². The molecule has 0 spiro atoms. The van der Waals surface area contributed by atoms with E-state index in [0.717, 1.165) is 36.6 Å². The second kappa shape index (κ2) is 11.9. The van der Waals surface area contributed by atoms with Crippen molar-refractivity contribution >= 4 is 34.6 Å². The van der Waals surface area contributed by atoms with Crippen LogP contribution < -0.4 is 10.1 Å². The molecule has 1 heterocycles. The summed E-state index contributed by atoms with van der Waals surface area (Å²) in [6.07, 6.45) is 2.64. The number of hydrogen-bond donors (Lipinski definition) is 1. The Balaban J connectivity index is 2.04. The van der Waals surface area contributed by atoms with Crippen LogP contribution in [0.1, 0.15) is 42.4 Å². The van der Waals surface area contributed by atoms with Gasteiger partial charge >= 0.3 is 5.97 Å². The third-order valence-electron chi connectivity index (χ3n) is 4.19. The van der Waals surface area contributed by atoms with E-state index in [9.17, 15) is 4.79 Å². The van der Waals surface area contributed by atoms with Gasteiger partial charge in [-0.15, -0.1) is 11.3 Å². The number of carbonyl (C=O) groups is 1. The maximum Gasteiger partial charge on any atom is 0.338 e. The van der Waals surface area contributed by atoms with Gasteiger partial charge in [-0.1, -0.05) is 32.4 Å². The van der Waals surface area contributed by atoms with Crippen LogP contribution in [-0.4, -0.2) is 48.7 Å². The summed E-state index contributed by atoms with van der Waals surface area (Å²) in [6, 6.07) is 5.31. The average Bonchev–Trinajstić information content (AvgIpc) is 3.13. The van der Waals surface area contributed by atoms with Crippen molar-refractivity contribution in [3.63, 3.8) is 0 Å². The summed E-state index contributed by atoms with van der Waals surface area (Å²) < 4.78 is 11.7. The molecule has 0 saturated carbocycles. The lowest BCUT2D eigenvalue weighted by Crippen LogP contribution is -2.27. The molecule has 1 aromatic heterocycles. The minimum absolute atomic E-state index is 0.335. The van der Waals surface area contributed by atoms with E-state index >= 15 is 0 Å². The van der Waals surface area contributed by atoms with Crippen molar-refractivity contribution in [1.82, 2.24) is 9.88 Å². The Hall–Kier alpha value is -1.83. The maximum absolute atomic E-state index is 12.4. The van der Waals surface area contributed by atoms with Gasteiger partial charge in [0.1, 0.15) is 12.4 Å². The van der Waals surface area contributed by atoms with Crippen LogP contribution in [0.4, 0.5) is 5.69 Å². The van der Waals surface area contributed by atoms with E-state index in [1.165, 1.54) is 11.3 Å². The van der Waals surface area contributed by atoms with Gasteiger partial charge in [-0.2, -0.15) is 0 Å². The summed E-state index contributed by atoms with van der Waals surface area (Å²) in [5, 5.41) is 3.31. The highest BCUT2D eigenvalue weighted by Gasteiger charge is 2.13. The first-order chi connectivity index (χ1) is 13.6. The minimum atomic E-state index is -0.335. The molecule has 0 radical (unpaired) electrons. The lowest BCUT2D eigenvalue weighted by atomic mass is 10.2. The van der Waals surface area contributed by atoms with E-state index in [4.69, 9.17) is 21.1 Å². The van der Waals surface area contributed by atoms with E-state index < -0.39 is 0 Å². The molecular weight excluding hydrogens is 398 g/mol. The first kappa shape index (κ1) is 22.5. The molecule has 0 amide bonds. The molecule has 0 fully saturated rings. The van der Waals surface area contributed by atoms with E-state index in [1.54, 1.807) is 24.4 Å². The number of carbonyl (C=O) groups excluding carboxylic acids is 1. The highest BCUT2D eigenvalue weighted by molar-refractivity contribution is 7.15. The Morgan fingerprint density at radius 1 is 1.25 bits per heavy atom. The molecule has 0 unspecified atom stereocenters. The van der Waals surface area contributed by atoms with Gasteiger partial charge in [-0.3, -0.25) is 0 Å². The number of halogens is 1. The number of aromatic nitrogens is 1. The van der Waals surface area contributed by atoms with Crippen molar-refractivity contribution in [2.24, 2.45) is 0 Å². The lowest BCUT2D eigenvalue weighted by molar-refractivity contribution is 0.0466. The Morgan fingerprint density at radius 2 is 2.04 bits per heavy atom. The number of ether oxygens (including phenoxy) is 2. The topological polar surface area (TPSA) is 63.7 Å². The SMILES string of the molecule is CCCOc1ccc(C(=O)OCCN(CC)CC)cc1NCc1cnc(Cl)s1. The molecule has 0 bridgehead atoms. The zero-order chi connectivity index (χ0) is 20.4. The Morgan fingerprint density at radius 3 is 2.68 bits per heavy atom. The van der Waals surface area contributed by atoms with Crippen LogP contribution >= 0.6 is 22.9 Å². The van der Waals surface area contributed by atoms with Gasteiger partial charge in [0.25, 0.3) is 0 Å². The van der Waals surface area contributed by atoms with Gasteiger partial charge in [0.15, 0.2) is 4.47 Å². The van der Waals surface area contributed by atoms with Gasteiger partial charge in [0, 0.05) is 17.6 Å². The fourth-order valence-corrected chi connectivity index (χ4v) is 3.49. The summed E-state index contributed by atoms with van der Waals surface area (Å²) in [5.41, 5.74) is 1.24. The second-order valence-electron chi connectivity index (χ2n) is 6.16. The smallest absolute Gasteiger partial charge is 0.338 e. The number of rotatable bonds is 12. The van der Waals surface area contributed by atoms with Crippen LogP contribution in [0.25, 0.3) is 0 Å². The molecule has 8 heteroatoms. The number of nitrogens with one attached hydrogen (secondary N) is 1. The molecule has 1 aromatic carbocycles. The molecule has 1 N–H and O–H groups in total. The molecule has 6 nitrogen and oxygen atoms in total. The zero-order valence-corrected chi connectivity index (χ0v) is 18.2. The quantitative estimate of drug-likeness (QED) is 0.497. The Labute approximate surface area is 175 Å². The molecular formula is C20H28ClN3O3S. The van der Waals surface area contributed by atoms with Crippen molar-refractivity contribution in [2.75, 3.05) is 38.2 Å². The van der Waals surface area contributed by atoms with E-state index in [2.05, 4.69) is 29.0 Å². The molecule has 0 aliphatic rings. The number of esters is 1.